The molecule has 3 amide bonds. The molecule has 33 heavy (non-hydrogen) atoms. The summed E-state index contributed by atoms with van der Waals surface area (Å²) in [5, 5.41) is 10.6. The fourth-order valence-corrected chi connectivity index (χ4v) is 4.90. The van der Waals surface area contributed by atoms with Crippen molar-refractivity contribution in [2.75, 3.05) is 6.54 Å². The van der Waals surface area contributed by atoms with Gasteiger partial charge in [-0.1, -0.05) is 25.0 Å². The Labute approximate surface area is 195 Å². The van der Waals surface area contributed by atoms with Gasteiger partial charge < -0.3 is 20.4 Å². The van der Waals surface area contributed by atoms with Crippen LogP contribution in [0.2, 0.25) is 0 Å². The summed E-state index contributed by atoms with van der Waals surface area (Å²) in [4.78, 5) is 43.5. The molecular formula is C24H26N4O4S. The molecule has 2 atom stereocenters. The minimum Gasteiger partial charge on any atom is -0.459 e. The number of hydrogen-bond acceptors (Lipinski definition) is 6. The molecule has 0 saturated heterocycles. The summed E-state index contributed by atoms with van der Waals surface area (Å²) in [7, 11) is 0. The number of hydrogen-bond donors (Lipinski definition) is 3. The number of nitrogens with zero attached hydrogens (tertiary/aromatic N) is 1. The van der Waals surface area contributed by atoms with Gasteiger partial charge in [0.25, 0.3) is 5.91 Å². The molecule has 172 valence electrons. The number of aromatic nitrogens is 1. The third-order valence-corrected chi connectivity index (χ3v) is 6.64. The van der Waals surface area contributed by atoms with Crippen molar-refractivity contribution in [1.82, 2.24) is 20.9 Å². The van der Waals surface area contributed by atoms with Gasteiger partial charge in [0.15, 0.2) is 5.76 Å². The summed E-state index contributed by atoms with van der Waals surface area (Å²) in [5.41, 5.74) is 0.714. The van der Waals surface area contributed by atoms with E-state index in [1.807, 2.05) is 23.6 Å². The van der Waals surface area contributed by atoms with E-state index in [2.05, 4.69) is 20.9 Å². The van der Waals surface area contributed by atoms with Gasteiger partial charge in [0.1, 0.15) is 0 Å². The standard InChI is InChI=1S/C24H26N4O4S/c29-20(15-26-23(30)18-9-4-12-32-18)28-22(19-10-5-13-33-19)21(16-6-3-11-25-14-16)24(31)27-17-7-1-2-8-17/h3-6,9-14,17,21-22H,1-2,7-8,15H2,(H,26,30)(H,27,31)(H,28,29). The third-order valence-electron chi connectivity index (χ3n) is 5.68. The maximum Gasteiger partial charge on any atom is 0.287 e. The van der Waals surface area contributed by atoms with E-state index in [9.17, 15) is 14.4 Å². The van der Waals surface area contributed by atoms with Crippen LogP contribution in [0.15, 0.2) is 64.9 Å². The van der Waals surface area contributed by atoms with Crippen LogP contribution in [0, 0.1) is 0 Å². The summed E-state index contributed by atoms with van der Waals surface area (Å²) in [6.45, 7) is -0.245. The fourth-order valence-electron chi connectivity index (χ4n) is 4.08. The molecule has 9 heteroatoms. The third kappa shape index (κ3) is 5.87. The van der Waals surface area contributed by atoms with Gasteiger partial charge in [-0.15, -0.1) is 11.3 Å². The smallest absolute Gasteiger partial charge is 0.287 e. The van der Waals surface area contributed by atoms with Crippen molar-refractivity contribution in [3.8, 4) is 0 Å². The second kappa shape index (κ2) is 10.9. The molecule has 0 radical (unpaired) electrons. The van der Waals surface area contributed by atoms with E-state index in [-0.39, 0.29) is 24.3 Å². The fraction of sp³-hybridized carbons (Fsp3) is 0.333. The first-order chi connectivity index (χ1) is 16.1. The first kappa shape index (κ1) is 22.7. The first-order valence-electron chi connectivity index (χ1n) is 11.0. The number of furan rings is 1. The molecule has 3 N–H and O–H groups in total. The van der Waals surface area contributed by atoms with Gasteiger partial charge in [-0.25, -0.2) is 0 Å². The number of carbonyl (C=O) groups excluding carboxylic acids is 3. The van der Waals surface area contributed by atoms with Gasteiger partial charge in [-0.2, -0.15) is 0 Å². The Morgan fingerprint density at radius 3 is 2.64 bits per heavy atom. The van der Waals surface area contributed by atoms with E-state index in [0.717, 1.165) is 30.6 Å². The maximum atomic E-state index is 13.5. The average molecular weight is 467 g/mol. The molecule has 3 aromatic heterocycles. The molecule has 8 nitrogen and oxygen atoms in total. The number of amides is 3. The highest BCUT2D eigenvalue weighted by Gasteiger charge is 2.34. The number of nitrogens with one attached hydrogen (secondary N) is 3. The van der Waals surface area contributed by atoms with Crippen LogP contribution in [0.4, 0.5) is 0 Å². The summed E-state index contributed by atoms with van der Waals surface area (Å²) < 4.78 is 5.06. The molecule has 0 spiro atoms. The number of carbonyl (C=O) groups is 3. The van der Waals surface area contributed by atoms with Crippen LogP contribution in [0.5, 0.6) is 0 Å². The summed E-state index contributed by atoms with van der Waals surface area (Å²) >= 11 is 1.46. The average Bonchev–Trinajstić information content (AvgIpc) is 3.61. The highest BCUT2D eigenvalue weighted by molar-refractivity contribution is 7.10. The van der Waals surface area contributed by atoms with E-state index in [1.165, 1.54) is 23.7 Å². The van der Waals surface area contributed by atoms with E-state index in [0.29, 0.717) is 5.56 Å². The van der Waals surface area contributed by atoms with Gasteiger partial charge in [0, 0.05) is 23.3 Å². The Hall–Kier alpha value is -3.46. The second-order valence-corrected chi connectivity index (χ2v) is 8.95. The number of thiophene rings is 1. The molecule has 1 saturated carbocycles. The van der Waals surface area contributed by atoms with Crippen LogP contribution >= 0.6 is 11.3 Å². The molecule has 0 bridgehead atoms. The lowest BCUT2D eigenvalue weighted by atomic mass is 9.90. The summed E-state index contributed by atoms with van der Waals surface area (Å²) in [5.74, 6) is -1.57. The zero-order chi connectivity index (χ0) is 23.0. The van der Waals surface area contributed by atoms with Crippen LogP contribution in [0.1, 0.15) is 58.6 Å². The summed E-state index contributed by atoms with van der Waals surface area (Å²) in [6, 6.07) is 10.1. The van der Waals surface area contributed by atoms with Crippen LogP contribution in [0.3, 0.4) is 0 Å². The monoisotopic (exact) mass is 466 g/mol. The van der Waals surface area contributed by atoms with Crippen molar-refractivity contribution in [3.63, 3.8) is 0 Å². The Morgan fingerprint density at radius 1 is 1.12 bits per heavy atom. The second-order valence-electron chi connectivity index (χ2n) is 7.97. The lowest BCUT2D eigenvalue weighted by Crippen LogP contribution is -2.45. The molecule has 1 aliphatic rings. The van der Waals surface area contributed by atoms with Gasteiger partial charge >= 0.3 is 0 Å². The van der Waals surface area contributed by atoms with Crippen LogP contribution in [0.25, 0.3) is 0 Å². The van der Waals surface area contributed by atoms with Crippen molar-refractivity contribution < 1.29 is 18.8 Å². The Bertz CT molecular complexity index is 1050. The molecule has 4 rings (SSSR count). The van der Waals surface area contributed by atoms with Crippen molar-refractivity contribution >= 4 is 29.1 Å². The van der Waals surface area contributed by atoms with Gasteiger partial charge in [-0.05, 0) is 48.1 Å². The molecule has 1 fully saturated rings. The normalized spacial score (nSPS) is 15.5. The van der Waals surface area contributed by atoms with Crippen molar-refractivity contribution in [3.05, 3.63) is 76.6 Å². The first-order valence-corrected chi connectivity index (χ1v) is 11.8. The van der Waals surface area contributed by atoms with Gasteiger partial charge in [0.2, 0.25) is 11.8 Å². The van der Waals surface area contributed by atoms with Crippen molar-refractivity contribution in [2.24, 2.45) is 0 Å². The lowest BCUT2D eigenvalue weighted by Gasteiger charge is -2.28. The molecule has 2 unspecified atom stereocenters. The molecule has 0 aromatic carbocycles. The Kier molecular flexibility index (Phi) is 7.51. The van der Waals surface area contributed by atoms with Crippen molar-refractivity contribution in [2.45, 2.75) is 43.7 Å². The minimum atomic E-state index is -0.664. The SMILES string of the molecule is O=C(CNC(=O)c1ccco1)NC(c1cccs1)C(C(=O)NC1CCCC1)c1cccnc1. The Morgan fingerprint density at radius 2 is 1.97 bits per heavy atom. The molecule has 0 aliphatic heterocycles. The van der Waals surface area contributed by atoms with Crippen LogP contribution in [-0.4, -0.2) is 35.3 Å². The largest absolute Gasteiger partial charge is 0.459 e. The Balaban J connectivity index is 1.53. The quantitative estimate of drug-likeness (QED) is 0.448. The van der Waals surface area contributed by atoms with Crippen LogP contribution in [-0.2, 0) is 9.59 Å². The minimum absolute atomic E-state index is 0.127. The number of pyridine rings is 1. The molecule has 1 aliphatic carbocycles. The van der Waals surface area contributed by atoms with Gasteiger partial charge in [-0.3, -0.25) is 19.4 Å². The summed E-state index contributed by atoms with van der Waals surface area (Å²) in [6.07, 6.45) is 8.82. The zero-order valence-electron chi connectivity index (χ0n) is 18.0. The predicted molar refractivity (Wildman–Crippen MR) is 124 cm³/mol. The lowest BCUT2D eigenvalue weighted by molar-refractivity contribution is -0.125. The number of rotatable bonds is 9. The highest BCUT2D eigenvalue weighted by atomic mass is 32.1. The topological polar surface area (TPSA) is 113 Å². The van der Waals surface area contributed by atoms with E-state index >= 15 is 0 Å². The van der Waals surface area contributed by atoms with E-state index < -0.39 is 23.8 Å². The predicted octanol–water partition coefficient (Wildman–Crippen LogP) is 3.17. The molecular weight excluding hydrogens is 440 g/mol. The van der Waals surface area contributed by atoms with Crippen molar-refractivity contribution in [1.29, 1.82) is 0 Å². The molecule has 3 aromatic rings. The van der Waals surface area contributed by atoms with Crippen LogP contribution < -0.4 is 16.0 Å². The molecule has 3 heterocycles. The highest BCUT2D eigenvalue weighted by Crippen LogP contribution is 2.34. The van der Waals surface area contributed by atoms with Gasteiger partial charge in [0.05, 0.1) is 24.8 Å². The van der Waals surface area contributed by atoms with E-state index in [1.54, 1.807) is 24.5 Å². The maximum absolute atomic E-state index is 13.5. The van der Waals surface area contributed by atoms with E-state index in [4.69, 9.17) is 4.42 Å². The zero-order valence-corrected chi connectivity index (χ0v) is 18.8.